The van der Waals surface area contributed by atoms with E-state index in [4.69, 9.17) is 5.73 Å². The van der Waals surface area contributed by atoms with Crippen LogP contribution >= 0.6 is 0 Å². The van der Waals surface area contributed by atoms with E-state index in [1.54, 1.807) is 0 Å². The molecule has 1 aromatic rings. The molecule has 18 heavy (non-hydrogen) atoms. The van der Waals surface area contributed by atoms with Crippen molar-refractivity contribution in [1.82, 2.24) is 14.9 Å². The Morgan fingerprint density at radius 2 is 2.28 bits per heavy atom. The first-order chi connectivity index (χ1) is 8.53. The van der Waals surface area contributed by atoms with Gasteiger partial charge in [0.15, 0.2) is 5.03 Å². The normalized spacial score (nSPS) is 18.6. The standard InChI is InChI=1S/C11H20N4O2S/c1-2-11(4-3-5-11)8-14-18(16,17)10-9(6-12)7-13-15-10/h7,14H,2-6,8,12H2,1H3,(H,13,15). The van der Waals surface area contributed by atoms with Crippen LogP contribution in [0.25, 0.3) is 0 Å². The van der Waals surface area contributed by atoms with E-state index in [1.807, 2.05) is 0 Å². The molecule has 7 heteroatoms. The average Bonchev–Trinajstić information content (AvgIpc) is 2.77. The maximum atomic E-state index is 12.1. The SMILES string of the molecule is CCC1(CNS(=O)(=O)c2[nH]ncc2CN)CCC1. The van der Waals surface area contributed by atoms with Crippen LogP contribution in [0.4, 0.5) is 0 Å². The van der Waals surface area contributed by atoms with Gasteiger partial charge in [-0.2, -0.15) is 5.10 Å². The summed E-state index contributed by atoms with van der Waals surface area (Å²) in [4.78, 5) is 0. The van der Waals surface area contributed by atoms with Gasteiger partial charge in [0, 0.05) is 18.7 Å². The largest absolute Gasteiger partial charge is 0.326 e. The fourth-order valence-electron chi connectivity index (χ4n) is 2.33. The number of nitrogens with two attached hydrogens (primary N) is 1. The second-order valence-corrected chi connectivity index (χ2v) is 6.66. The van der Waals surface area contributed by atoms with Gasteiger partial charge >= 0.3 is 0 Å². The molecule has 102 valence electrons. The van der Waals surface area contributed by atoms with E-state index in [9.17, 15) is 8.42 Å². The molecule has 1 aromatic heterocycles. The predicted octanol–water partition coefficient (Wildman–Crippen LogP) is 0.727. The van der Waals surface area contributed by atoms with Gasteiger partial charge in [-0.25, -0.2) is 13.1 Å². The molecular weight excluding hydrogens is 252 g/mol. The third-order valence-corrected chi connectivity index (χ3v) is 5.38. The van der Waals surface area contributed by atoms with Crippen LogP contribution in [0.15, 0.2) is 11.2 Å². The molecule has 1 heterocycles. The van der Waals surface area contributed by atoms with Crippen molar-refractivity contribution in [2.24, 2.45) is 11.1 Å². The van der Waals surface area contributed by atoms with E-state index >= 15 is 0 Å². The van der Waals surface area contributed by atoms with Crippen LogP contribution in [0.5, 0.6) is 0 Å². The number of nitrogens with one attached hydrogen (secondary N) is 2. The highest BCUT2D eigenvalue weighted by Gasteiger charge is 2.36. The molecule has 0 spiro atoms. The monoisotopic (exact) mass is 272 g/mol. The Morgan fingerprint density at radius 3 is 2.78 bits per heavy atom. The second kappa shape index (κ2) is 4.99. The van der Waals surface area contributed by atoms with E-state index < -0.39 is 10.0 Å². The van der Waals surface area contributed by atoms with E-state index in [0.717, 1.165) is 19.3 Å². The Balaban J connectivity index is 2.08. The molecule has 1 aliphatic rings. The molecule has 0 atom stereocenters. The summed E-state index contributed by atoms with van der Waals surface area (Å²) in [6.07, 6.45) is 5.83. The maximum Gasteiger partial charge on any atom is 0.257 e. The van der Waals surface area contributed by atoms with E-state index in [-0.39, 0.29) is 17.0 Å². The summed E-state index contributed by atoms with van der Waals surface area (Å²) in [5.41, 5.74) is 6.15. The van der Waals surface area contributed by atoms with E-state index in [0.29, 0.717) is 12.1 Å². The summed E-state index contributed by atoms with van der Waals surface area (Å²) in [6.45, 7) is 2.76. The first-order valence-corrected chi connectivity index (χ1v) is 7.73. The predicted molar refractivity (Wildman–Crippen MR) is 68.2 cm³/mol. The minimum absolute atomic E-state index is 0.0931. The molecule has 1 saturated carbocycles. The molecule has 0 bridgehead atoms. The van der Waals surface area contributed by atoms with Crippen LogP contribution in [-0.2, 0) is 16.6 Å². The number of H-pyrrole nitrogens is 1. The maximum absolute atomic E-state index is 12.1. The number of hydrogen-bond donors (Lipinski definition) is 3. The number of aromatic nitrogens is 2. The topological polar surface area (TPSA) is 101 Å². The highest BCUT2D eigenvalue weighted by molar-refractivity contribution is 7.89. The van der Waals surface area contributed by atoms with Gasteiger partial charge in [0.05, 0.1) is 6.20 Å². The lowest BCUT2D eigenvalue weighted by molar-refractivity contribution is 0.133. The Hall–Kier alpha value is -0.920. The summed E-state index contributed by atoms with van der Waals surface area (Å²) in [7, 11) is -3.53. The molecule has 0 aliphatic heterocycles. The third kappa shape index (κ3) is 2.43. The first kappa shape index (κ1) is 13.5. The third-order valence-electron chi connectivity index (χ3n) is 3.97. The molecule has 0 amide bonds. The van der Waals surface area contributed by atoms with Crippen molar-refractivity contribution in [1.29, 1.82) is 0 Å². The summed E-state index contributed by atoms with van der Waals surface area (Å²) in [5, 5.41) is 6.33. The fraction of sp³-hybridized carbons (Fsp3) is 0.727. The Morgan fingerprint density at radius 1 is 1.56 bits per heavy atom. The number of sulfonamides is 1. The first-order valence-electron chi connectivity index (χ1n) is 6.25. The van der Waals surface area contributed by atoms with Crippen molar-refractivity contribution in [3.63, 3.8) is 0 Å². The zero-order chi connectivity index (χ0) is 13.2. The van der Waals surface area contributed by atoms with Crippen molar-refractivity contribution in [2.75, 3.05) is 6.54 Å². The molecule has 1 fully saturated rings. The number of hydrogen-bond acceptors (Lipinski definition) is 4. The van der Waals surface area contributed by atoms with Gasteiger partial charge in [-0.15, -0.1) is 0 Å². The molecule has 6 nitrogen and oxygen atoms in total. The Kier molecular flexibility index (Phi) is 3.74. The van der Waals surface area contributed by atoms with Gasteiger partial charge in [0.1, 0.15) is 0 Å². The molecule has 1 aliphatic carbocycles. The number of nitrogens with zero attached hydrogens (tertiary/aromatic N) is 1. The minimum Gasteiger partial charge on any atom is -0.326 e. The van der Waals surface area contributed by atoms with E-state index in [1.165, 1.54) is 12.6 Å². The van der Waals surface area contributed by atoms with Crippen molar-refractivity contribution in [3.8, 4) is 0 Å². The Labute approximate surface area is 107 Å². The molecular formula is C11H20N4O2S. The van der Waals surface area contributed by atoms with Crippen LogP contribution in [0.1, 0.15) is 38.2 Å². The minimum atomic E-state index is -3.53. The van der Waals surface area contributed by atoms with Gasteiger partial charge in [0.2, 0.25) is 0 Å². The fourth-order valence-corrected chi connectivity index (χ4v) is 3.62. The molecule has 0 aromatic carbocycles. The quantitative estimate of drug-likeness (QED) is 0.710. The zero-order valence-electron chi connectivity index (χ0n) is 10.6. The van der Waals surface area contributed by atoms with Gasteiger partial charge in [-0.1, -0.05) is 13.3 Å². The smallest absolute Gasteiger partial charge is 0.257 e. The van der Waals surface area contributed by atoms with Crippen molar-refractivity contribution < 1.29 is 8.42 Å². The lowest BCUT2D eigenvalue weighted by atomic mass is 9.67. The van der Waals surface area contributed by atoms with Crippen LogP contribution < -0.4 is 10.5 Å². The molecule has 0 saturated heterocycles. The van der Waals surface area contributed by atoms with Crippen molar-refractivity contribution in [3.05, 3.63) is 11.8 Å². The van der Waals surface area contributed by atoms with Crippen LogP contribution in [0, 0.1) is 5.41 Å². The summed E-state index contributed by atoms with van der Waals surface area (Å²) < 4.78 is 27.0. The lowest BCUT2D eigenvalue weighted by Crippen LogP contribution is -2.41. The van der Waals surface area contributed by atoms with E-state index in [2.05, 4.69) is 21.8 Å². The molecule has 0 radical (unpaired) electrons. The van der Waals surface area contributed by atoms with Crippen LogP contribution in [0.3, 0.4) is 0 Å². The molecule has 2 rings (SSSR count). The van der Waals surface area contributed by atoms with Gasteiger partial charge < -0.3 is 5.73 Å². The van der Waals surface area contributed by atoms with Crippen molar-refractivity contribution in [2.45, 2.75) is 44.2 Å². The highest BCUT2D eigenvalue weighted by atomic mass is 32.2. The van der Waals surface area contributed by atoms with Gasteiger partial charge in [0.25, 0.3) is 10.0 Å². The number of rotatable bonds is 6. The summed E-state index contributed by atoms with van der Waals surface area (Å²) >= 11 is 0. The highest BCUT2D eigenvalue weighted by Crippen LogP contribution is 2.43. The lowest BCUT2D eigenvalue weighted by Gasteiger charge is -2.41. The molecule has 4 N–H and O–H groups in total. The summed E-state index contributed by atoms with van der Waals surface area (Å²) in [6, 6.07) is 0. The molecule has 0 unspecified atom stereocenters. The summed E-state index contributed by atoms with van der Waals surface area (Å²) in [5.74, 6) is 0. The second-order valence-electron chi connectivity index (χ2n) is 4.96. The van der Waals surface area contributed by atoms with Crippen LogP contribution in [-0.4, -0.2) is 25.2 Å². The van der Waals surface area contributed by atoms with Gasteiger partial charge in [-0.3, -0.25) is 5.10 Å². The van der Waals surface area contributed by atoms with Crippen LogP contribution in [0.2, 0.25) is 0 Å². The zero-order valence-corrected chi connectivity index (χ0v) is 11.4. The number of aromatic amines is 1. The van der Waals surface area contributed by atoms with Crippen molar-refractivity contribution >= 4 is 10.0 Å². The Bertz CT molecular complexity index is 499. The van der Waals surface area contributed by atoms with Gasteiger partial charge in [-0.05, 0) is 24.7 Å². The average molecular weight is 272 g/mol.